The second kappa shape index (κ2) is 10.4. The highest BCUT2D eigenvalue weighted by Gasteiger charge is 2.22. The van der Waals surface area contributed by atoms with Crippen molar-refractivity contribution in [1.82, 2.24) is 24.4 Å². The van der Waals surface area contributed by atoms with Gasteiger partial charge in [0.15, 0.2) is 17.0 Å². The molecule has 1 saturated heterocycles. The van der Waals surface area contributed by atoms with Gasteiger partial charge in [-0.15, -0.1) is 0 Å². The summed E-state index contributed by atoms with van der Waals surface area (Å²) in [7, 11) is 0. The zero-order valence-corrected chi connectivity index (χ0v) is 19.2. The highest BCUT2D eigenvalue weighted by molar-refractivity contribution is 5.95. The van der Waals surface area contributed by atoms with Gasteiger partial charge in [0.25, 0.3) is 5.91 Å². The summed E-state index contributed by atoms with van der Waals surface area (Å²) in [4.78, 5) is 28.6. The van der Waals surface area contributed by atoms with Crippen LogP contribution >= 0.6 is 0 Å². The number of morpholine rings is 1. The molecule has 5 rings (SSSR count). The maximum Gasteiger partial charge on any atom is 0.254 e. The molecule has 1 aliphatic carbocycles. The van der Waals surface area contributed by atoms with Crippen LogP contribution < -0.4 is 10.6 Å². The third-order valence-corrected chi connectivity index (χ3v) is 6.45. The summed E-state index contributed by atoms with van der Waals surface area (Å²) in [5, 5.41) is 15.7. The van der Waals surface area contributed by atoms with E-state index in [-0.39, 0.29) is 12.5 Å². The Bertz CT molecular complexity index is 1120. The minimum atomic E-state index is 0.0185. The summed E-state index contributed by atoms with van der Waals surface area (Å²) >= 11 is 0. The molecule has 2 aromatic heterocycles. The summed E-state index contributed by atoms with van der Waals surface area (Å²) < 4.78 is 7.50. The van der Waals surface area contributed by atoms with Crippen molar-refractivity contribution in [2.75, 3.05) is 50.1 Å². The molecule has 1 aliphatic heterocycles. The molecule has 0 unspecified atom stereocenters. The molecular formula is C24H31N7O3. The van der Waals surface area contributed by atoms with Crippen molar-refractivity contribution in [1.29, 1.82) is 0 Å². The number of nitrogens with one attached hydrogen (secondary N) is 2. The lowest BCUT2D eigenvalue weighted by Crippen LogP contribution is -2.40. The number of anilines is 3. The van der Waals surface area contributed by atoms with Gasteiger partial charge in [-0.3, -0.25) is 4.79 Å². The molecule has 10 nitrogen and oxygen atoms in total. The topological polar surface area (TPSA) is 117 Å². The van der Waals surface area contributed by atoms with Crippen LogP contribution in [0.5, 0.6) is 0 Å². The van der Waals surface area contributed by atoms with Gasteiger partial charge in [-0.1, -0.05) is 12.8 Å². The summed E-state index contributed by atoms with van der Waals surface area (Å²) in [6.07, 6.45) is 7.18. The first-order valence-electron chi connectivity index (χ1n) is 12.1. The Labute approximate surface area is 198 Å². The van der Waals surface area contributed by atoms with Crippen molar-refractivity contribution in [2.45, 2.75) is 38.1 Å². The van der Waals surface area contributed by atoms with Crippen LogP contribution in [0.25, 0.3) is 11.2 Å². The number of hydrogen-bond acceptors (Lipinski definition) is 8. The molecule has 3 aromatic rings. The van der Waals surface area contributed by atoms with E-state index in [0.717, 1.165) is 24.2 Å². The van der Waals surface area contributed by atoms with Crippen molar-refractivity contribution < 1.29 is 14.6 Å². The van der Waals surface area contributed by atoms with Gasteiger partial charge < -0.3 is 29.9 Å². The lowest BCUT2D eigenvalue weighted by atomic mass is 10.1. The number of nitrogens with zero attached hydrogens (tertiary/aromatic N) is 5. The molecule has 1 saturated carbocycles. The van der Waals surface area contributed by atoms with Crippen LogP contribution in [0.4, 0.5) is 17.5 Å². The minimum Gasteiger partial charge on any atom is -0.396 e. The number of benzene rings is 1. The maximum absolute atomic E-state index is 12.7. The van der Waals surface area contributed by atoms with Crippen LogP contribution in [0.1, 0.15) is 48.5 Å². The average molecular weight is 466 g/mol. The predicted molar refractivity (Wildman–Crippen MR) is 129 cm³/mol. The number of aliphatic hydroxyl groups is 1. The van der Waals surface area contributed by atoms with Gasteiger partial charge in [0.05, 0.1) is 19.5 Å². The molecule has 10 heteroatoms. The number of aliphatic hydroxyl groups excluding tert-OH is 1. The molecule has 2 fully saturated rings. The Morgan fingerprint density at radius 3 is 2.62 bits per heavy atom. The van der Waals surface area contributed by atoms with Crippen molar-refractivity contribution >= 4 is 34.5 Å². The Hall–Kier alpha value is -3.24. The van der Waals surface area contributed by atoms with Gasteiger partial charge in [0, 0.05) is 43.5 Å². The number of ether oxygens (including phenoxy) is 1. The lowest BCUT2D eigenvalue weighted by molar-refractivity contribution is 0.0303. The molecule has 0 atom stereocenters. The van der Waals surface area contributed by atoms with Crippen molar-refractivity contribution in [3.63, 3.8) is 0 Å². The van der Waals surface area contributed by atoms with E-state index in [1.807, 2.05) is 35.5 Å². The zero-order chi connectivity index (χ0) is 23.3. The van der Waals surface area contributed by atoms with Crippen LogP contribution in [0.2, 0.25) is 0 Å². The Balaban J connectivity index is 1.40. The van der Waals surface area contributed by atoms with E-state index in [1.54, 1.807) is 0 Å². The number of aromatic nitrogens is 4. The second-order valence-electron chi connectivity index (χ2n) is 8.77. The quantitative estimate of drug-likeness (QED) is 0.435. The van der Waals surface area contributed by atoms with Crippen molar-refractivity contribution in [2.24, 2.45) is 0 Å². The number of imidazole rings is 1. The van der Waals surface area contributed by atoms with Gasteiger partial charge in [-0.05, 0) is 43.5 Å². The molecule has 34 heavy (non-hydrogen) atoms. The first kappa shape index (κ1) is 22.5. The van der Waals surface area contributed by atoms with E-state index in [4.69, 9.17) is 14.8 Å². The third kappa shape index (κ3) is 4.83. The van der Waals surface area contributed by atoms with E-state index >= 15 is 0 Å². The van der Waals surface area contributed by atoms with Crippen LogP contribution in [0, 0.1) is 0 Å². The zero-order valence-electron chi connectivity index (χ0n) is 19.2. The Kier molecular flexibility index (Phi) is 6.87. The fourth-order valence-electron chi connectivity index (χ4n) is 4.59. The van der Waals surface area contributed by atoms with Crippen LogP contribution in [-0.4, -0.2) is 74.9 Å². The fraction of sp³-hybridized carbons (Fsp3) is 0.500. The van der Waals surface area contributed by atoms with Gasteiger partial charge in [-0.25, -0.2) is 4.98 Å². The molecule has 1 aromatic carbocycles. The lowest BCUT2D eigenvalue weighted by Gasteiger charge is -2.26. The number of fused-ring (bicyclic) bond motifs is 1. The van der Waals surface area contributed by atoms with E-state index < -0.39 is 0 Å². The number of hydrogen-bond donors (Lipinski definition) is 3. The van der Waals surface area contributed by atoms with E-state index in [0.29, 0.717) is 68.2 Å². The van der Waals surface area contributed by atoms with Gasteiger partial charge in [0.1, 0.15) is 0 Å². The molecule has 1 amide bonds. The highest BCUT2D eigenvalue weighted by Crippen LogP contribution is 2.33. The Morgan fingerprint density at radius 2 is 1.88 bits per heavy atom. The summed E-state index contributed by atoms with van der Waals surface area (Å²) in [6, 6.07) is 7.83. The number of carbonyl (C=O) groups excluding carboxylic acids is 1. The van der Waals surface area contributed by atoms with E-state index in [2.05, 4.69) is 25.2 Å². The second-order valence-corrected chi connectivity index (χ2v) is 8.77. The average Bonchev–Trinajstić information content (AvgIpc) is 3.55. The van der Waals surface area contributed by atoms with Gasteiger partial charge in [0.2, 0.25) is 5.95 Å². The molecule has 3 N–H and O–H groups in total. The smallest absolute Gasteiger partial charge is 0.254 e. The van der Waals surface area contributed by atoms with Crippen LogP contribution in [0.15, 0.2) is 30.6 Å². The molecule has 3 heterocycles. The van der Waals surface area contributed by atoms with Crippen molar-refractivity contribution in [3.05, 3.63) is 36.2 Å². The van der Waals surface area contributed by atoms with Gasteiger partial charge in [-0.2, -0.15) is 9.97 Å². The molecule has 0 bridgehead atoms. The summed E-state index contributed by atoms with van der Waals surface area (Å²) in [5.41, 5.74) is 2.98. The number of amides is 1. The molecule has 180 valence electrons. The molecule has 0 spiro atoms. The van der Waals surface area contributed by atoms with Crippen molar-refractivity contribution in [3.8, 4) is 0 Å². The molecular weight excluding hydrogens is 434 g/mol. The van der Waals surface area contributed by atoms with E-state index in [1.165, 1.54) is 12.8 Å². The summed E-state index contributed by atoms with van der Waals surface area (Å²) in [5.74, 6) is 1.13. The monoisotopic (exact) mass is 465 g/mol. The SMILES string of the molecule is O=C(c1ccc(Nc2nc(NCCCO)nc3c2ncn3C2CCCC2)cc1)N1CCOCC1. The van der Waals surface area contributed by atoms with Gasteiger partial charge >= 0.3 is 0 Å². The standard InChI is InChI=1S/C24H31N7O3/c32-13-3-10-25-24-28-21(20-22(29-24)31(16-26-20)19-4-1-2-5-19)27-18-8-6-17(7-9-18)23(33)30-11-14-34-15-12-30/h6-9,16,19,32H,1-5,10-15H2,(H2,25,27,28,29). The van der Waals surface area contributed by atoms with Crippen LogP contribution in [0.3, 0.4) is 0 Å². The maximum atomic E-state index is 12.7. The predicted octanol–water partition coefficient (Wildman–Crippen LogP) is 2.95. The minimum absolute atomic E-state index is 0.0185. The highest BCUT2D eigenvalue weighted by atomic mass is 16.5. The Morgan fingerprint density at radius 1 is 1.12 bits per heavy atom. The van der Waals surface area contributed by atoms with E-state index in [9.17, 15) is 4.79 Å². The molecule has 0 radical (unpaired) electrons. The molecule has 2 aliphatic rings. The summed E-state index contributed by atoms with van der Waals surface area (Å²) in [6.45, 7) is 3.09. The van der Waals surface area contributed by atoms with Crippen LogP contribution in [-0.2, 0) is 4.74 Å². The number of rotatable bonds is 8. The normalized spacial score (nSPS) is 16.8. The third-order valence-electron chi connectivity index (χ3n) is 6.45. The first-order valence-corrected chi connectivity index (χ1v) is 12.1. The number of carbonyl (C=O) groups is 1. The first-order chi connectivity index (χ1) is 16.7. The fourth-order valence-corrected chi connectivity index (χ4v) is 4.59. The largest absolute Gasteiger partial charge is 0.396 e.